The molecule has 2 aromatic carbocycles. The maximum Gasteiger partial charge on any atom is 0.222 e. The van der Waals surface area contributed by atoms with Crippen LogP contribution in [0.1, 0.15) is 28.5 Å². The Balaban J connectivity index is 1.43. The molecule has 0 aliphatic rings. The van der Waals surface area contributed by atoms with Gasteiger partial charge in [-0.3, -0.25) is 4.79 Å². The third-order valence-corrected chi connectivity index (χ3v) is 4.12. The minimum Gasteiger partial charge on any atom is -0.492 e. The van der Waals surface area contributed by atoms with E-state index in [0.717, 1.165) is 29.9 Å². The molecule has 0 amide bonds. The van der Waals surface area contributed by atoms with Crippen LogP contribution in [0.25, 0.3) is 0 Å². The Morgan fingerprint density at radius 1 is 1.00 bits per heavy atom. The molecule has 1 N–H and O–H groups in total. The lowest BCUT2D eigenvalue weighted by Gasteiger charge is -2.09. The predicted molar refractivity (Wildman–Crippen MR) is 107 cm³/mol. The highest BCUT2D eigenvalue weighted by Crippen LogP contribution is 2.20. The van der Waals surface area contributed by atoms with E-state index >= 15 is 0 Å². The molecule has 3 aromatic rings. The molecule has 1 aromatic heterocycles. The molecular formula is C22H23N3O3. The number of aryl methyl sites for hydroxylation is 1. The van der Waals surface area contributed by atoms with Gasteiger partial charge in [0.2, 0.25) is 5.88 Å². The van der Waals surface area contributed by atoms with E-state index in [-0.39, 0.29) is 0 Å². The first-order valence-electron chi connectivity index (χ1n) is 9.23. The van der Waals surface area contributed by atoms with Crippen LogP contribution in [-0.4, -0.2) is 29.4 Å². The molecule has 1 heterocycles. The highest BCUT2D eigenvalue weighted by atomic mass is 16.5. The summed E-state index contributed by atoms with van der Waals surface area (Å²) in [5, 5.41) is 3.27. The largest absolute Gasteiger partial charge is 0.492 e. The third kappa shape index (κ3) is 5.89. The van der Waals surface area contributed by atoms with Crippen molar-refractivity contribution in [3.8, 4) is 17.4 Å². The number of carbonyl (C=O) groups excluding carboxylic acids is 1. The van der Waals surface area contributed by atoms with Gasteiger partial charge in [0.1, 0.15) is 30.7 Å². The fourth-order valence-corrected chi connectivity index (χ4v) is 2.54. The zero-order chi connectivity index (χ0) is 19.6. The predicted octanol–water partition coefficient (Wildman–Crippen LogP) is 3.81. The number of hydrogen-bond donors (Lipinski definition) is 1. The van der Waals surface area contributed by atoms with Crippen molar-refractivity contribution in [2.24, 2.45) is 0 Å². The number of rotatable bonds is 10. The van der Waals surface area contributed by atoms with E-state index in [2.05, 4.69) is 22.2 Å². The second-order valence-corrected chi connectivity index (χ2v) is 6.16. The average molecular weight is 377 g/mol. The van der Waals surface area contributed by atoms with Crippen LogP contribution in [0, 0.1) is 0 Å². The first kappa shape index (κ1) is 19.5. The Labute approximate surface area is 164 Å². The van der Waals surface area contributed by atoms with Crippen LogP contribution in [0.15, 0.2) is 60.9 Å². The van der Waals surface area contributed by atoms with Crippen LogP contribution in [0.2, 0.25) is 0 Å². The summed E-state index contributed by atoms with van der Waals surface area (Å²) in [5.41, 5.74) is 2.74. The SMILES string of the molecule is CCc1ccc(Oc2cc(CNCCOc3ccc(C=O)cc3)ncn2)cc1. The third-order valence-electron chi connectivity index (χ3n) is 4.12. The normalized spacial score (nSPS) is 10.5. The Bertz CT molecular complexity index is 880. The minimum atomic E-state index is 0.513. The molecule has 0 unspecified atom stereocenters. The highest BCUT2D eigenvalue weighted by Gasteiger charge is 2.02. The van der Waals surface area contributed by atoms with Crippen molar-refractivity contribution >= 4 is 6.29 Å². The van der Waals surface area contributed by atoms with Crippen molar-refractivity contribution in [1.29, 1.82) is 0 Å². The zero-order valence-electron chi connectivity index (χ0n) is 15.8. The number of aromatic nitrogens is 2. The van der Waals surface area contributed by atoms with E-state index in [4.69, 9.17) is 9.47 Å². The molecule has 0 saturated heterocycles. The van der Waals surface area contributed by atoms with E-state index in [1.807, 2.05) is 30.3 Å². The second-order valence-electron chi connectivity index (χ2n) is 6.16. The smallest absolute Gasteiger partial charge is 0.222 e. The van der Waals surface area contributed by atoms with E-state index in [1.54, 1.807) is 24.3 Å². The van der Waals surface area contributed by atoms with Gasteiger partial charge in [-0.25, -0.2) is 9.97 Å². The summed E-state index contributed by atoms with van der Waals surface area (Å²) < 4.78 is 11.4. The van der Waals surface area contributed by atoms with Gasteiger partial charge < -0.3 is 14.8 Å². The van der Waals surface area contributed by atoms with Crippen LogP contribution in [0.3, 0.4) is 0 Å². The van der Waals surface area contributed by atoms with Crippen LogP contribution in [0.5, 0.6) is 17.4 Å². The molecule has 3 rings (SSSR count). The van der Waals surface area contributed by atoms with Gasteiger partial charge in [-0.1, -0.05) is 19.1 Å². The number of ether oxygens (including phenoxy) is 2. The van der Waals surface area contributed by atoms with Gasteiger partial charge in [0.25, 0.3) is 0 Å². The summed E-state index contributed by atoms with van der Waals surface area (Å²) in [6.45, 7) is 3.88. The van der Waals surface area contributed by atoms with Crippen molar-refractivity contribution in [3.63, 3.8) is 0 Å². The number of aldehydes is 1. The fourth-order valence-electron chi connectivity index (χ4n) is 2.54. The molecule has 0 atom stereocenters. The van der Waals surface area contributed by atoms with Crippen LogP contribution < -0.4 is 14.8 Å². The number of carbonyl (C=O) groups is 1. The standard InChI is InChI=1S/C22H23N3O3/c1-2-17-3-9-21(10-4-17)28-22-13-19(24-16-25-22)14-23-11-12-27-20-7-5-18(15-26)6-8-20/h3-10,13,15-16,23H,2,11-12,14H2,1H3. The molecule has 0 aliphatic heterocycles. The van der Waals surface area contributed by atoms with Crippen molar-refractivity contribution in [1.82, 2.24) is 15.3 Å². The lowest BCUT2D eigenvalue weighted by Crippen LogP contribution is -2.21. The van der Waals surface area contributed by atoms with Crippen molar-refractivity contribution < 1.29 is 14.3 Å². The Kier molecular flexibility index (Phi) is 7.09. The summed E-state index contributed by atoms with van der Waals surface area (Å²) in [5.74, 6) is 2.01. The zero-order valence-corrected chi connectivity index (χ0v) is 15.8. The Morgan fingerprint density at radius 2 is 1.75 bits per heavy atom. The maximum atomic E-state index is 10.6. The quantitative estimate of drug-likeness (QED) is 0.428. The molecular weight excluding hydrogens is 354 g/mol. The van der Waals surface area contributed by atoms with Gasteiger partial charge >= 0.3 is 0 Å². The van der Waals surface area contributed by atoms with E-state index in [0.29, 0.717) is 31.1 Å². The van der Waals surface area contributed by atoms with E-state index < -0.39 is 0 Å². The van der Waals surface area contributed by atoms with Crippen molar-refractivity contribution in [3.05, 3.63) is 77.7 Å². The molecule has 6 heteroatoms. The van der Waals surface area contributed by atoms with Crippen LogP contribution in [-0.2, 0) is 13.0 Å². The lowest BCUT2D eigenvalue weighted by molar-refractivity contribution is 0.112. The number of nitrogens with zero attached hydrogens (tertiary/aromatic N) is 2. The monoisotopic (exact) mass is 377 g/mol. The maximum absolute atomic E-state index is 10.6. The first-order chi connectivity index (χ1) is 13.8. The van der Waals surface area contributed by atoms with E-state index in [9.17, 15) is 4.79 Å². The van der Waals surface area contributed by atoms with Gasteiger partial charge in [0.15, 0.2) is 0 Å². The Hall–Kier alpha value is -3.25. The summed E-state index contributed by atoms with van der Waals surface area (Å²) in [6.07, 6.45) is 3.31. The molecule has 0 aliphatic carbocycles. The summed E-state index contributed by atoms with van der Waals surface area (Å²) >= 11 is 0. The van der Waals surface area contributed by atoms with Gasteiger partial charge in [-0.05, 0) is 48.4 Å². The number of hydrogen-bond acceptors (Lipinski definition) is 6. The summed E-state index contributed by atoms with van der Waals surface area (Å²) in [6, 6.07) is 16.8. The summed E-state index contributed by atoms with van der Waals surface area (Å²) in [4.78, 5) is 19.1. The molecule has 0 saturated carbocycles. The molecule has 6 nitrogen and oxygen atoms in total. The van der Waals surface area contributed by atoms with Gasteiger partial charge in [0, 0.05) is 24.7 Å². The van der Waals surface area contributed by atoms with Crippen LogP contribution >= 0.6 is 0 Å². The van der Waals surface area contributed by atoms with Crippen molar-refractivity contribution in [2.45, 2.75) is 19.9 Å². The number of benzene rings is 2. The molecule has 28 heavy (non-hydrogen) atoms. The van der Waals surface area contributed by atoms with Gasteiger partial charge in [-0.2, -0.15) is 0 Å². The highest BCUT2D eigenvalue weighted by molar-refractivity contribution is 5.74. The minimum absolute atomic E-state index is 0.513. The summed E-state index contributed by atoms with van der Waals surface area (Å²) in [7, 11) is 0. The lowest BCUT2D eigenvalue weighted by atomic mass is 10.2. The van der Waals surface area contributed by atoms with Gasteiger partial charge in [-0.15, -0.1) is 0 Å². The van der Waals surface area contributed by atoms with Gasteiger partial charge in [0.05, 0.1) is 5.69 Å². The van der Waals surface area contributed by atoms with E-state index in [1.165, 1.54) is 11.9 Å². The van der Waals surface area contributed by atoms with Crippen LogP contribution in [0.4, 0.5) is 0 Å². The van der Waals surface area contributed by atoms with Crippen molar-refractivity contribution in [2.75, 3.05) is 13.2 Å². The molecule has 0 spiro atoms. The topological polar surface area (TPSA) is 73.3 Å². The molecule has 0 radical (unpaired) electrons. The second kappa shape index (κ2) is 10.2. The molecule has 0 fully saturated rings. The fraction of sp³-hybridized carbons (Fsp3) is 0.227. The Morgan fingerprint density at radius 3 is 2.46 bits per heavy atom. The number of nitrogens with one attached hydrogen (secondary N) is 1. The molecule has 0 bridgehead atoms. The first-order valence-corrected chi connectivity index (χ1v) is 9.23. The average Bonchev–Trinajstić information content (AvgIpc) is 2.75. The molecule has 144 valence electrons.